The van der Waals surface area contributed by atoms with Crippen LogP contribution in [-0.4, -0.2) is 58.2 Å². The van der Waals surface area contributed by atoms with Crippen molar-refractivity contribution in [3.05, 3.63) is 41.3 Å². The third-order valence-corrected chi connectivity index (χ3v) is 5.84. The molecule has 5 nitrogen and oxygen atoms in total. The number of oxazole rings is 1. The van der Waals surface area contributed by atoms with Gasteiger partial charge in [-0.05, 0) is 51.4 Å². The van der Waals surface area contributed by atoms with Crippen molar-refractivity contribution in [3.8, 4) is 11.5 Å². The zero-order chi connectivity index (χ0) is 18.1. The number of nitrogens with zero attached hydrogens (tertiary/aromatic N) is 3. The van der Waals surface area contributed by atoms with Crippen molar-refractivity contribution in [2.45, 2.75) is 51.8 Å². The molecule has 0 amide bonds. The van der Waals surface area contributed by atoms with Gasteiger partial charge in [-0.2, -0.15) is 0 Å². The standard InChI is InChI=1S/C21H29N3O2/c1-15-8-4-5-9-17(15)21-22-18(16(2)26-21)12-23-13-19(20(25)14-23)24-10-6-3-7-11-24/h4-5,8-9,19-20,25H,3,6-7,10-14H2,1-2H3/t19-,20-/m0/s1. The molecule has 140 valence electrons. The van der Waals surface area contributed by atoms with Crippen molar-refractivity contribution in [3.63, 3.8) is 0 Å². The molecule has 2 saturated heterocycles. The normalized spacial score (nSPS) is 25.0. The third-order valence-electron chi connectivity index (χ3n) is 5.84. The average Bonchev–Trinajstić information content (AvgIpc) is 3.19. The smallest absolute Gasteiger partial charge is 0.226 e. The highest BCUT2D eigenvalue weighted by Gasteiger charge is 2.36. The molecule has 0 unspecified atom stereocenters. The molecule has 0 saturated carbocycles. The molecule has 2 fully saturated rings. The molecule has 1 aromatic heterocycles. The van der Waals surface area contributed by atoms with E-state index in [9.17, 15) is 5.11 Å². The fourth-order valence-corrected chi connectivity index (χ4v) is 4.30. The van der Waals surface area contributed by atoms with Crippen LogP contribution in [0.5, 0.6) is 0 Å². The predicted molar refractivity (Wildman–Crippen MR) is 102 cm³/mol. The van der Waals surface area contributed by atoms with Gasteiger partial charge in [0.15, 0.2) is 0 Å². The zero-order valence-electron chi connectivity index (χ0n) is 15.8. The SMILES string of the molecule is Cc1ccccc1-c1nc(CN2C[C@H](O)[C@@H](N3CCCCC3)C2)c(C)o1. The molecule has 1 aromatic carbocycles. The van der Waals surface area contributed by atoms with Gasteiger partial charge in [0.05, 0.1) is 11.8 Å². The Morgan fingerprint density at radius 2 is 1.88 bits per heavy atom. The van der Waals surface area contributed by atoms with Crippen LogP contribution < -0.4 is 0 Å². The van der Waals surface area contributed by atoms with Gasteiger partial charge in [0.25, 0.3) is 0 Å². The molecular formula is C21H29N3O2. The molecule has 2 aromatic rings. The van der Waals surface area contributed by atoms with Crippen molar-refractivity contribution in [1.82, 2.24) is 14.8 Å². The number of β-amino-alcohol motifs (C(OH)–C–C–N with tert-alkyl or cyclic N) is 1. The van der Waals surface area contributed by atoms with Crippen LogP contribution in [0.3, 0.4) is 0 Å². The first-order valence-corrected chi connectivity index (χ1v) is 9.78. The lowest BCUT2D eigenvalue weighted by Gasteiger charge is -2.33. The highest BCUT2D eigenvalue weighted by Crippen LogP contribution is 2.27. The van der Waals surface area contributed by atoms with Crippen molar-refractivity contribution < 1.29 is 9.52 Å². The molecule has 0 aliphatic carbocycles. The van der Waals surface area contributed by atoms with Crippen LogP contribution in [0.1, 0.15) is 36.3 Å². The quantitative estimate of drug-likeness (QED) is 0.914. The van der Waals surface area contributed by atoms with Gasteiger partial charge in [0.2, 0.25) is 5.89 Å². The summed E-state index contributed by atoms with van der Waals surface area (Å²) in [5, 5.41) is 10.6. The van der Waals surface area contributed by atoms with Crippen LogP contribution in [0.15, 0.2) is 28.7 Å². The van der Waals surface area contributed by atoms with E-state index in [1.165, 1.54) is 24.8 Å². The highest BCUT2D eigenvalue weighted by molar-refractivity contribution is 5.58. The maximum atomic E-state index is 10.6. The lowest BCUT2D eigenvalue weighted by Crippen LogP contribution is -2.45. The van der Waals surface area contributed by atoms with E-state index in [1.807, 2.05) is 19.1 Å². The number of likely N-dealkylation sites (tertiary alicyclic amines) is 2. The summed E-state index contributed by atoms with van der Waals surface area (Å²) in [5.41, 5.74) is 3.20. The number of rotatable bonds is 4. The maximum absolute atomic E-state index is 10.6. The highest BCUT2D eigenvalue weighted by atomic mass is 16.4. The number of aromatic nitrogens is 1. The first-order chi connectivity index (χ1) is 12.6. The largest absolute Gasteiger partial charge is 0.441 e. The first kappa shape index (κ1) is 17.7. The number of hydrogen-bond acceptors (Lipinski definition) is 5. The molecule has 0 radical (unpaired) electrons. The van der Waals surface area contributed by atoms with E-state index in [4.69, 9.17) is 9.40 Å². The van der Waals surface area contributed by atoms with Gasteiger partial charge in [-0.25, -0.2) is 4.98 Å². The van der Waals surface area contributed by atoms with E-state index in [2.05, 4.69) is 28.9 Å². The molecule has 2 aliphatic heterocycles. The van der Waals surface area contributed by atoms with Crippen molar-refractivity contribution in [2.75, 3.05) is 26.2 Å². The summed E-state index contributed by atoms with van der Waals surface area (Å²) in [4.78, 5) is 9.55. The number of hydrogen-bond donors (Lipinski definition) is 1. The summed E-state index contributed by atoms with van der Waals surface area (Å²) in [7, 11) is 0. The lowest BCUT2D eigenvalue weighted by molar-refractivity contribution is 0.0706. The Morgan fingerprint density at radius 3 is 2.65 bits per heavy atom. The zero-order valence-corrected chi connectivity index (χ0v) is 15.8. The van der Waals surface area contributed by atoms with E-state index in [0.717, 1.165) is 43.2 Å². The van der Waals surface area contributed by atoms with Crippen molar-refractivity contribution in [1.29, 1.82) is 0 Å². The maximum Gasteiger partial charge on any atom is 0.226 e. The van der Waals surface area contributed by atoms with Gasteiger partial charge in [0, 0.05) is 31.2 Å². The second kappa shape index (κ2) is 7.51. The molecule has 0 spiro atoms. The summed E-state index contributed by atoms with van der Waals surface area (Å²) < 4.78 is 5.95. The molecule has 1 N–H and O–H groups in total. The van der Waals surface area contributed by atoms with Gasteiger partial charge in [-0.1, -0.05) is 24.6 Å². The lowest BCUT2D eigenvalue weighted by atomic mass is 10.1. The third kappa shape index (κ3) is 3.56. The summed E-state index contributed by atoms with van der Waals surface area (Å²) in [6.07, 6.45) is 3.57. The molecule has 5 heteroatoms. The Hall–Kier alpha value is -1.69. The summed E-state index contributed by atoms with van der Waals surface area (Å²) in [6, 6.07) is 8.44. The van der Waals surface area contributed by atoms with E-state index >= 15 is 0 Å². The van der Waals surface area contributed by atoms with Gasteiger partial charge in [-0.3, -0.25) is 9.80 Å². The van der Waals surface area contributed by atoms with Gasteiger partial charge < -0.3 is 9.52 Å². The van der Waals surface area contributed by atoms with Crippen LogP contribution in [0.25, 0.3) is 11.5 Å². The Balaban J connectivity index is 1.45. The topological polar surface area (TPSA) is 52.7 Å². The Bertz CT molecular complexity index is 751. The Morgan fingerprint density at radius 1 is 1.12 bits per heavy atom. The summed E-state index contributed by atoms with van der Waals surface area (Å²) in [6.45, 7) is 8.67. The Labute approximate surface area is 155 Å². The van der Waals surface area contributed by atoms with Crippen LogP contribution in [0.4, 0.5) is 0 Å². The number of aliphatic hydroxyl groups excluding tert-OH is 1. The Kier molecular flexibility index (Phi) is 5.11. The molecule has 4 rings (SSSR count). The van der Waals surface area contributed by atoms with E-state index < -0.39 is 0 Å². The van der Waals surface area contributed by atoms with Crippen LogP contribution in [0.2, 0.25) is 0 Å². The summed E-state index contributed by atoms with van der Waals surface area (Å²) >= 11 is 0. The minimum Gasteiger partial charge on any atom is -0.441 e. The van der Waals surface area contributed by atoms with Crippen molar-refractivity contribution >= 4 is 0 Å². The second-order valence-electron chi connectivity index (χ2n) is 7.76. The summed E-state index contributed by atoms with van der Waals surface area (Å²) in [5.74, 6) is 1.57. The predicted octanol–water partition coefficient (Wildman–Crippen LogP) is 2.99. The number of aliphatic hydroxyl groups is 1. The molecule has 2 atom stereocenters. The van der Waals surface area contributed by atoms with E-state index in [-0.39, 0.29) is 12.1 Å². The van der Waals surface area contributed by atoms with Crippen molar-refractivity contribution in [2.24, 2.45) is 0 Å². The van der Waals surface area contributed by atoms with Gasteiger partial charge in [0.1, 0.15) is 5.76 Å². The van der Waals surface area contributed by atoms with E-state index in [1.54, 1.807) is 0 Å². The average molecular weight is 355 g/mol. The van der Waals surface area contributed by atoms with Crippen LogP contribution in [0, 0.1) is 13.8 Å². The van der Waals surface area contributed by atoms with Crippen LogP contribution >= 0.6 is 0 Å². The molecule has 2 aliphatic rings. The molecular weight excluding hydrogens is 326 g/mol. The second-order valence-corrected chi connectivity index (χ2v) is 7.76. The van der Waals surface area contributed by atoms with Crippen LogP contribution in [-0.2, 0) is 6.54 Å². The van der Waals surface area contributed by atoms with Gasteiger partial charge >= 0.3 is 0 Å². The molecule has 0 bridgehead atoms. The number of aryl methyl sites for hydroxylation is 2. The van der Waals surface area contributed by atoms with E-state index in [0.29, 0.717) is 12.4 Å². The fourth-order valence-electron chi connectivity index (χ4n) is 4.30. The molecule has 26 heavy (non-hydrogen) atoms. The molecule has 3 heterocycles. The van der Waals surface area contributed by atoms with Gasteiger partial charge in [-0.15, -0.1) is 0 Å². The fraction of sp³-hybridized carbons (Fsp3) is 0.571. The minimum atomic E-state index is -0.267. The minimum absolute atomic E-state index is 0.262. The first-order valence-electron chi connectivity index (χ1n) is 9.78. The number of piperidine rings is 1. The monoisotopic (exact) mass is 355 g/mol. The number of benzene rings is 1.